The number of benzene rings is 2. The van der Waals surface area contributed by atoms with Gasteiger partial charge in [0.05, 0.1) is 11.1 Å². The van der Waals surface area contributed by atoms with E-state index in [1.807, 2.05) is 0 Å². The number of carbonyl (C=O) groups excluding carboxylic acids is 2. The van der Waals surface area contributed by atoms with Crippen molar-refractivity contribution < 1.29 is 18.4 Å². The maximum Gasteiger partial charge on any atom is 0.256 e. The lowest BCUT2D eigenvalue weighted by molar-refractivity contribution is 0.0693. The van der Waals surface area contributed by atoms with E-state index in [1.54, 1.807) is 17.0 Å². The first-order valence-corrected chi connectivity index (χ1v) is 8.15. The molecular formula is C19H18F2N2O2. The van der Waals surface area contributed by atoms with Crippen LogP contribution in [-0.2, 0) is 0 Å². The topological polar surface area (TPSA) is 49.4 Å². The van der Waals surface area contributed by atoms with E-state index >= 15 is 0 Å². The van der Waals surface area contributed by atoms with Gasteiger partial charge in [0.2, 0.25) is 0 Å². The van der Waals surface area contributed by atoms with Crippen LogP contribution >= 0.6 is 0 Å². The zero-order chi connectivity index (χ0) is 17.8. The van der Waals surface area contributed by atoms with Crippen molar-refractivity contribution in [2.75, 3.05) is 13.1 Å². The van der Waals surface area contributed by atoms with Gasteiger partial charge in [-0.15, -0.1) is 0 Å². The van der Waals surface area contributed by atoms with Gasteiger partial charge in [0.1, 0.15) is 11.6 Å². The highest BCUT2D eigenvalue weighted by molar-refractivity contribution is 5.95. The fourth-order valence-electron chi connectivity index (χ4n) is 2.94. The Kier molecular flexibility index (Phi) is 5.07. The summed E-state index contributed by atoms with van der Waals surface area (Å²) in [5, 5.41) is 2.80. The van der Waals surface area contributed by atoms with E-state index in [2.05, 4.69) is 5.32 Å². The van der Waals surface area contributed by atoms with Crippen molar-refractivity contribution in [1.29, 1.82) is 0 Å². The summed E-state index contributed by atoms with van der Waals surface area (Å²) in [7, 11) is 0. The molecule has 0 spiro atoms. The fourth-order valence-corrected chi connectivity index (χ4v) is 2.94. The third-order valence-electron chi connectivity index (χ3n) is 4.34. The highest BCUT2D eigenvalue weighted by atomic mass is 19.1. The summed E-state index contributed by atoms with van der Waals surface area (Å²) < 4.78 is 27.4. The molecule has 1 saturated heterocycles. The largest absolute Gasteiger partial charge is 0.349 e. The van der Waals surface area contributed by atoms with Crippen LogP contribution in [0, 0.1) is 11.6 Å². The Balaban J connectivity index is 1.57. The van der Waals surface area contributed by atoms with Gasteiger partial charge in [0, 0.05) is 19.1 Å². The van der Waals surface area contributed by atoms with Crippen molar-refractivity contribution in [3.05, 3.63) is 71.3 Å². The molecule has 2 aromatic carbocycles. The number of rotatable bonds is 3. The maximum absolute atomic E-state index is 13.7. The summed E-state index contributed by atoms with van der Waals surface area (Å²) >= 11 is 0. The lowest BCUT2D eigenvalue weighted by Crippen LogP contribution is -2.46. The Bertz CT molecular complexity index is 786. The summed E-state index contributed by atoms with van der Waals surface area (Å²) in [4.78, 5) is 26.1. The molecule has 0 bridgehead atoms. The Hall–Kier alpha value is -2.76. The van der Waals surface area contributed by atoms with Crippen molar-refractivity contribution in [3.8, 4) is 0 Å². The summed E-state index contributed by atoms with van der Waals surface area (Å²) in [6.45, 7) is 0.824. The zero-order valence-electron chi connectivity index (χ0n) is 13.5. The van der Waals surface area contributed by atoms with E-state index in [9.17, 15) is 18.4 Å². The molecule has 0 radical (unpaired) electrons. The monoisotopic (exact) mass is 344 g/mol. The highest BCUT2D eigenvalue weighted by Crippen LogP contribution is 2.17. The molecule has 1 N–H and O–H groups in total. The Morgan fingerprint density at radius 1 is 0.880 bits per heavy atom. The van der Waals surface area contributed by atoms with Gasteiger partial charge in [-0.05, 0) is 37.1 Å². The minimum absolute atomic E-state index is 0.00682. The number of piperidine rings is 1. The molecule has 0 aromatic heterocycles. The minimum Gasteiger partial charge on any atom is -0.349 e. The third-order valence-corrected chi connectivity index (χ3v) is 4.34. The van der Waals surface area contributed by atoms with Gasteiger partial charge in [-0.2, -0.15) is 0 Å². The molecule has 0 unspecified atom stereocenters. The van der Waals surface area contributed by atoms with E-state index in [0.29, 0.717) is 25.9 Å². The Labute approximate surface area is 144 Å². The Morgan fingerprint density at radius 2 is 1.40 bits per heavy atom. The van der Waals surface area contributed by atoms with Gasteiger partial charge in [-0.25, -0.2) is 8.78 Å². The molecule has 2 amide bonds. The quantitative estimate of drug-likeness (QED) is 0.931. The summed E-state index contributed by atoms with van der Waals surface area (Å²) in [6.07, 6.45) is 1.08. The number of hydrogen-bond donors (Lipinski definition) is 1. The number of halogens is 2. The van der Waals surface area contributed by atoms with E-state index in [1.165, 1.54) is 36.4 Å². The van der Waals surface area contributed by atoms with Crippen LogP contribution in [0.4, 0.5) is 8.78 Å². The van der Waals surface area contributed by atoms with Crippen LogP contribution in [-0.4, -0.2) is 35.8 Å². The first-order chi connectivity index (χ1) is 12.1. The molecule has 0 atom stereocenters. The standard InChI is InChI=1S/C19H18F2N2O2/c20-16-7-3-1-5-14(16)18(24)22-13-9-11-23(12-10-13)19(25)15-6-2-4-8-17(15)21/h1-8,13H,9-12H2,(H,22,24). The molecule has 1 fully saturated rings. The lowest BCUT2D eigenvalue weighted by Gasteiger charge is -2.32. The van der Waals surface area contributed by atoms with Crippen LogP contribution in [0.5, 0.6) is 0 Å². The van der Waals surface area contributed by atoms with Gasteiger partial charge >= 0.3 is 0 Å². The van der Waals surface area contributed by atoms with Crippen molar-refractivity contribution in [2.24, 2.45) is 0 Å². The molecule has 130 valence electrons. The molecule has 3 rings (SSSR count). The smallest absolute Gasteiger partial charge is 0.256 e. The Morgan fingerprint density at radius 3 is 1.96 bits per heavy atom. The number of amides is 2. The molecule has 2 aromatic rings. The fraction of sp³-hybridized carbons (Fsp3) is 0.263. The predicted octanol–water partition coefficient (Wildman–Crippen LogP) is 3.00. The molecule has 1 aliphatic rings. The number of nitrogens with one attached hydrogen (secondary N) is 1. The number of nitrogens with zero attached hydrogens (tertiary/aromatic N) is 1. The van der Waals surface area contributed by atoms with E-state index in [0.717, 1.165) is 0 Å². The lowest BCUT2D eigenvalue weighted by atomic mass is 10.0. The van der Waals surface area contributed by atoms with E-state index < -0.39 is 17.5 Å². The molecule has 25 heavy (non-hydrogen) atoms. The molecule has 4 nitrogen and oxygen atoms in total. The maximum atomic E-state index is 13.7. The molecule has 0 saturated carbocycles. The van der Waals surface area contributed by atoms with Crippen molar-refractivity contribution in [3.63, 3.8) is 0 Å². The number of likely N-dealkylation sites (tertiary alicyclic amines) is 1. The van der Waals surface area contributed by atoms with Gasteiger partial charge in [0.25, 0.3) is 11.8 Å². The SMILES string of the molecule is O=C(NC1CCN(C(=O)c2ccccc2F)CC1)c1ccccc1F. The molecule has 1 heterocycles. The predicted molar refractivity (Wildman–Crippen MR) is 89.2 cm³/mol. The first-order valence-electron chi connectivity index (χ1n) is 8.15. The molecule has 1 aliphatic heterocycles. The van der Waals surface area contributed by atoms with Crippen LogP contribution in [0.1, 0.15) is 33.6 Å². The van der Waals surface area contributed by atoms with Crippen LogP contribution < -0.4 is 5.32 Å². The van der Waals surface area contributed by atoms with E-state index in [-0.39, 0.29) is 23.1 Å². The zero-order valence-corrected chi connectivity index (χ0v) is 13.5. The average Bonchev–Trinajstić information content (AvgIpc) is 2.62. The van der Waals surface area contributed by atoms with Crippen LogP contribution in [0.3, 0.4) is 0 Å². The highest BCUT2D eigenvalue weighted by Gasteiger charge is 2.26. The summed E-state index contributed by atoms with van der Waals surface area (Å²) in [5.74, 6) is -1.91. The second-order valence-electron chi connectivity index (χ2n) is 6.00. The number of hydrogen-bond acceptors (Lipinski definition) is 2. The van der Waals surface area contributed by atoms with Crippen molar-refractivity contribution in [2.45, 2.75) is 18.9 Å². The van der Waals surface area contributed by atoms with Gasteiger partial charge < -0.3 is 10.2 Å². The third kappa shape index (κ3) is 3.84. The van der Waals surface area contributed by atoms with Gasteiger partial charge in [-0.3, -0.25) is 9.59 Å². The van der Waals surface area contributed by atoms with Crippen molar-refractivity contribution in [1.82, 2.24) is 10.2 Å². The molecular weight excluding hydrogens is 326 g/mol. The van der Waals surface area contributed by atoms with Gasteiger partial charge in [-0.1, -0.05) is 24.3 Å². The number of carbonyl (C=O) groups is 2. The van der Waals surface area contributed by atoms with Crippen LogP contribution in [0.25, 0.3) is 0 Å². The summed E-state index contributed by atoms with van der Waals surface area (Å²) in [6, 6.07) is 11.5. The van der Waals surface area contributed by atoms with Crippen LogP contribution in [0.2, 0.25) is 0 Å². The molecule has 6 heteroatoms. The van der Waals surface area contributed by atoms with Crippen molar-refractivity contribution >= 4 is 11.8 Å². The molecule has 0 aliphatic carbocycles. The van der Waals surface area contributed by atoms with Gasteiger partial charge in [0.15, 0.2) is 0 Å². The summed E-state index contributed by atoms with van der Waals surface area (Å²) in [5.41, 5.74) is 0.0590. The second kappa shape index (κ2) is 7.42. The van der Waals surface area contributed by atoms with E-state index in [4.69, 9.17) is 0 Å². The van der Waals surface area contributed by atoms with Crippen LogP contribution in [0.15, 0.2) is 48.5 Å². The normalized spacial score (nSPS) is 15.0. The first kappa shape index (κ1) is 17.1. The average molecular weight is 344 g/mol. The minimum atomic E-state index is -0.563. The second-order valence-corrected chi connectivity index (χ2v) is 6.00.